The maximum absolute atomic E-state index is 11.5. The quantitative estimate of drug-likeness (QED) is 0.731. The minimum Gasteiger partial charge on any atom is -0.391 e. The highest BCUT2D eigenvalue weighted by atomic mass is 32.2. The molecule has 1 unspecified atom stereocenters. The van der Waals surface area contributed by atoms with E-state index in [1.54, 1.807) is 0 Å². The molecule has 16 heavy (non-hydrogen) atoms. The van der Waals surface area contributed by atoms with Gasteiger partial charge in [0, 0.05) is 0 Å². The number of nitrogens with zero attached hydrogens (tertiary/aromatic N) is 1. The monoisotopic (exact) mass is 245 g/mol. The zero-order valence-electron chi connectivity index (χ0n) is 9.81. The maximum atomic E-state index is 11.5. The number of amides is 2. The molecule has 1 rings (SSSR count). The summed E-state index contributed by atoms with van der Waals surface area (Å²) in [6.07, 6.45) is 1.14. The van der Waals surface area contributed by atoms with Crippen molar-refractivity contribution in [3.8, 4) is 0 Å². The van der Waals surface area contributed by atoms with Crippen LogP contribution in [0.2, 0.25) is 0 Å². The van der Waals surface area contributed by atoms with Crippen LogP contribution >= 0.6 is 11.8 Å². The van der Waals surface area contributed by atoms with Gasteiger partial charge in [0.15, 0.2) is 0 Å². The molecular formula is C11H19NO3S. The number of aliphatic hydroxyl groups is 1. The van der Waals surface area contributed by atoms with E-state index in [-0.39, 0.29) is 24.3 Å². The lowest BCUT2D eigenvalue weighted by Gasteiger charge is -2.29. The number of rotatable bonds is 5. The largest absolute Gasteiger partial charge is 0.391 e. The average Bonchev–Trinajstić information content (AvgIpc) is 2.25. The Balaban J connectivity index is 2.57. The van der Waals surface area contributed by atoms with E-state index in [9.17, 15) is 14.7 Å². The Hall–Kier alpha value is -0.550. The van der Waals surface area contributed by atoms with E-state index < -0.39 is 6.10 Å². The minimum absolute atomic E-state index is 0.157. The fraction of sp³-hybridized carbons (Fsp3) is 0.818. The van der Waals surface area contributed by atoms with Crippen LogP contribution in [0.15, 0.2) is 0 Å². The molecule has 0 spiro atoms. The summed E-state index contributed by atoms with van der Waals surface area (Å²) in [6.45, 7) is 4.17. The smallest absolute Gasteiger partial charge is 0.239 e. The molecule has 1 aliphatic rings. The highest BCUT2D eigenvalue weighted by molar-refractivity contribution is 8.00. The molecule has 0 aromatic heterocycles. The molecular weight excluding hydrogens is 226 g/mol. The highest BCUT2D eigenvalue weighted by Crippen LogP contribution is 2.17. The van der Waals surface area contributed by atoms with Gasteiger partial charge >= 0.3 is 0 Å². The third-order valence-electron chi connectivity index (χ3n) is 3.02. The number of hydrogen-bond donors (Lipinski definition) is 1. The van der Waals surface area contributed by atoms with Crippen LogP contribution in [0.4, 0.5) is 0 Å². The summed E-state index contributed by atoms with van der Waals surface area (Å²) in [5.74, 6) is 0.510. The number of β-amino-alcohol motifs (C(OH)–C–C–N with tert-alkyl or cyclic N) is 1. The highest BCUT2D eigenvalue weighted by Gasteiger charge is 2.29. The second-order valence-electron chi connectivity index (χ2n) is 4.03. The average molecular weight is 245 g/mol. The van der Waals surface area contributed by atoms with Gasteiger partial charge in [-0.15, -0.1) is 11.8 Å². The topological polar surface area (TPSA) is 57.6 Å². The van der Waals surface area contributed by atoms with Crippen molar-refractivity contribution in [2.75, 3.05) is 18.1 Å². The third kappa shape index (κ3) is 3.22. The van der Waals surface area contributed by atoms with Gasteiger partial charge < -0.3 is 5.11 Å². The SMILES string of the molecule is CCC(CC)C(O)CN1C(=O)CSCC1=O. The molecule has 0 radical (unpaired) electrons. The van der Waals surface area contributed by atoms with Gasteiger partial charge in [-0.25, -0.2) is 0 Å². The molecule has 0 aromatic rings. The number of hydrogen-bond acceptors (Lipinski definition) is 4. The molecule has 92 valence electrons. The lowest BCUT2D eigenvalue weighted by Crippen LogP contribution is -2.48. The van der Waals surface area contributed by atoms with Crippen LogP contribution in [-0.2, 0) is 9.59 Å². The third-order valence-corrected chi connectivity index (χ3v) is 3.92. The molecule has 1 fully saturated rings. The van der Waals surface area contributed by atoms with E-state index in [1.165, 1.54) is 16.7 Å². The van der Waals surface area contributed by atoms with Gasteiger partial charge in [0.05, 0.1) is 24.2 Å². The van der Waals surface area contributed by atoms with E-state index >= 15 is 0 Å². The first-order valence-corrected chi connectivity index (χ1v) is 6.84. The molecule has 1 N–H and O–H groups in total. The predicted octanol–water partition coefficient (Wildman–Crippen LogP) is 0.885. The van der Waals surface area contributed by atoms with Gasteiger partial charge in [0.1, 0.15) is 0 Å². The van der Waals surface area contributed by atoms with Crippen LogP contribution in [0, 0.1) is 5.92 Å². The number of thioether (sulfide) groups is 1. The van der Waals surface area contributed by atoms with Gasteiger partial charge in [-0.1, -0.05) is 26.7 Å². The number of carbonyl (C=O) groups excluding carboxylic acids is 2. The Bertz CT molecular complexity index is 250. The van der Waals surface area contributed by atoms with Crippen molar-refractivity contribution in [1.29, 1.82) is 0 Å². The van der Waals surface area contributed by atoms with Crippen LogP contribution in [0.1, 0.15) is 26.7 Å². The summed E-state index contributed by atoms with van der Waals surface area (Å²) in [7, 11) is 0. The fourth-order valence-electron chi connectivity index (χ4n) is 1.89. The molecule has 0 saturated carbocycles. The van der Waals surface area contributed by atoms with Crippen molar-refractivity contribution in [3.05, 3.63) is 0 Å². The summed E-state index contributed by atoms with van der Waals surface area (Å²) in [5.41, 5.74) is 0. The van der Waals surface area contributed by atoms with E-state index in [1.807, 2.05) is 13.8 Å². The van der Waals surface area contributed by atoms with E-state index in [2.05, 4.69) is 0 Å². The minimum atomic E-state index is -0.592. The Kier molecular flexibility index (Phi) is 5.28. The van der Waals surface area contributed by atoms with E-state index in [0.717, 1.165) is 12.8 Å². The van der Waals surface area contributed by atoms with Crippen molar-refractivity contribution < 1.29 is 14.7 Å². The second-order valence-corrected chi connectivity index (χ2v) is 5.02. The molecule has 1 aliphatic heterocycles. The van der Waals surface area contributed by atoms with Crippen molar-refractivity contribution >= 4 is 23.6 Å². The Labute approximate surface area is 100 Å². The molecule has 2 amide bonds. The number of imide groups is 1. The van der Waals surface area contributed by atoms with Crippen molar-refractivity contribution in [2.24, 2.45) is 5.92 Å². The molecule has 5 heteroatoms. The Morgan fingerprint density at radius 2 is 1.75 bits per heavy atom. The molecule has 0 bridgehead atoms. The van der Waals surface area contributed by atoms with E-state index in [0.29, 0.717) is 11.5 Å². The van der Waals surface area contributed by atoms with Gasteiger partial charge in [-0.3, -0.25) is 14.5 Å². The lowest BCUT2D eigenvalue weighted by atomic mass is 9.96. The van der Waals surface area contributed by atoms with Crippen LogP contribution in [0.3, 0.4) is 0 Å². The van der Waals surface area contributed by atoms with Gasteiger partial charge in [-0.05, 0) is 5.92 Å². The molecule has 0 aliphatic carbocycles. The normalized spacial score (nSPS) is 19.4. The zero-order chi connectivity index (χ0) is 12.1. The Morgan fingerprint density at radius 1 is 1.25 bits per heavy atom. The van der Waals surface area contributed by atoms with Crippen LogP contribution < -0.4 is 0 Å². The van der Waals surface area contributed by atoms with Crippen molar-refractivity contribution in [2.45, 2.75) is 32.8 Å². The molecule has 4 nitrogen and oxygen atoms in total. The second kappa shape index (κ2) is 6.25. The summed E-state index contributed by atoms with van der Waals surface area (Å²) < 4.78 is 0. The summed E-state index contributed by atoms with van der Waals surface area (Å²) >= 11 is 1.34. The first-order chi connectivity index (χ1) is 7.60. The van der Waals surface area contributed by atoms with Crippen LogP contribution in [0.25, 0.3) is 0 Å². The fourth-order valence-corrected chi connectivity index (χ4v) is 2.66. The van der Waals surface area contributed by atoms with Crippen LogP contribution in [0.5, 0.6) is 0 Å². The standard InChI is InChI=1S/C11H19NO3S/c1-3-8(4-2)9(13)5-12-10(14)6-16-7-11(12)15/h8-9,13H,3-7H2,1-2H3. The first-order valence-electron chi connectivity index (χ1n) is 5.69. The number of carbonyl (C=O) groups is 2. The van der Waals surface area contributed by atoms with Gasteiger partial charge in [0.2, 0.25) is 11.8 Å². The van der Waals surface area contributed by atoms with Gasteiger partial charge in [0.25, 0.3) is 0 Å². The predicted molar refractivity (Wildman–Crippen MR) is 64.1 cm³/mol. The number of aliphatic hydroxyl groups excluding tert-OH is 1. The summed E-state index contributed by atoms with van der Waals surface area (Å²) in [5, 5.41) is 9.94. The zero-order valence-corrected chi connectivity index (χ0v) is 10.6. The first kappa shape index (κ1) is 13.5. The van der Waals surface area contributed by atoms with Gasteiger partial charge in [-0.2, -0.15) is 0 Å². The van der Waals surface area contributed by atoms with Crippen molar-refractivity contribution in [3.63, 3.8) is 0 Å². The molecule has 1 saturated heterocycles. The molecule has 1 heterocycles. The Morgan fingerprint density at radius 3 is 2.19 bits per heavy atom. The van der Waals surface area contributed by atoms with E-state index in [4.69, 9.17) is 0 Å². The maximum Gasteiger partial charge on any atom is 0.239 e. The molecule has 0 aromatic carbocycles. The summed E-state index contributed by atoms with van der Waals surface area (Å²) in [4.78, 5) is 24.2. The van der Waals surface area contributed by atoms with Crippen LogP contribution in [-0.4, -0.2) is 46.0 Å². The lowest BCUT2D eigenvalue weighted by molar-refractivity contribution is -0.144. The summed E-state index contributed by atoms with van der Waals surface area (Å²) in [6, 6.07) is 0. The van der Waals surface area contributed by atoms with Crippen molar-refractivity contribution in [1.82, 2.24) is 4.90 Å². The molecule has 1 atom stereocenters.